The average Bonchev–Trinajstić information content (AvgIpc) is 3.14. The highest BCUT2D eigenvalue weighted by Gasteiger charge is 2.21. The molecule has 10 heteroatoms. The van der Waals surface area contributed by atoms with E-state index < -0.39 is 0 Å². The van der Waals surface area contributed by atoms with Gasteiger partial charge in [-0.2, -0.15) is 0 Å². The Bertz CT molecular complexity index is 1030. The lowest BCUT2D eigenvalue weighted by atomic mass is 10.2. The van der Waals surface area contributed by atoms with Crippen molar-refractivity contribution < 1.29 is 19.0 Å². The Hall–Kier alpha value is -2.20. The first kappa shape index (κ1) is 23.5. The third kappa shape index (κ3) is 5.94. The van der Waals surface area contributed by atoms with Crippen LogP contribution in [-0.2, 0) is 0 Å². The zero-order chi connectivity index (χ0) is 20.9. The van der Waals surface area contributed by atoms with Crippen LogP contribution in [0, 0.1) is 5.82 Å². The molecule has 2 heterocycles. The first-order valence-corrected chi connectivity index (χ1v) is 10.5. The van der Waals surface area contributed by atoms with Gasteiger partial charge in [0.2, 0.25) is 5.88 Å². The Morgan fingerprint density at radius 1 is 1.19 bits per heavy atom. The highest BCUT2D eigenvalue weighted by Crippen LogP contribution is 2.26. The number of rotatable bonds is 8. The molecule has 0 aliphatic carbocycles. The van der Waals surface area contributed by atoms with Gasteiger partial charge in [-0.05, 0) is 43.2 Å². The lowest BCUT2D eigenvalue weighted by Gasteiger charge is -2.19. The lowest BCUT2D eigenvalue weighted by Crippen LogP contribution is -2.32. The number of ether oxygens (including phenoxy) is 2. The molecule has 0 saturated carbocycles. The molecule has 3 aromatic rings. The monoisotopic (exact) mass is 512 g/mol. The number of nitrogens with one attached hydrogen (secondary N) is 1. The maximum atomic E-state index is 13.9. The molecule has 4 rings (SSSR count). The maximum absolute atomic E-state index is 13.9. The molecule has 0 bridgehead atoms. The fourth-order valence-corrected chi connectivity index (χ4v) is 3.72. The molecule has 7 nitrogen and oxygen atoms in total. The molecular formula is C21H23BrClFN4O3. The van der Waals surface area contributed by atoms with Gasteiger partial charge in [0.15, 0.2) is 6.73 Å². The summed E-state index contributed by atoms with van der Waals surface area (Å²) in [5.41, 5.74) is 1.03. The SMILES string of the molecule is Cl.OC1CCCN1CCOc1ccc2c(OCNc3ccc(Br)cc3F)ncnc2c1. The van der Waals surface area contributed by atoms with Gasteiger partial charge in [-0.1, -0.05) is 15.9 Å². The fourth-order valence-electron chi connectivity index (χ4n) is 3.38. The van der Waals surface area contributed by atoms with Crippen LogP contribution < -0.4 is 14.8 Å². The minimum absolute atomic E-state index is 0. The smallest absolute Gasteiger partial charge is 0.226 e. The van der Waals surface area contributed by atoms with E-state index in [0.29, 0.717) is 40.5 Å². The molecule has 2 aromatic carbocycles. The number of halogens is 3. The quantitative estimate of drug-likeness (QED) is 0.437. The predicted octanol–water partition coefficient (Wildman–Crippen LogP) is 4.19. The Balaban J connectivity index is 0.00000272. The summed E-state index contributed by atoms with van der Waals surface area (Å²) in [6.07, 6.45) is 2.89. The Labute approximate surface area is 194 Å². The van der Waals surface area contributed by atoms with Crippen LogP contribution in [-0.4, -0.2) is 52.6 Å². The number of hydrogen-bond acceptors (Lipinski definition) is 7. The zero-order valence-corrected chi connectivity index (χ0v) is 19.0. The standard InChI is InChI=1S/C21H22BrFN4O3.ClH/c22-14-3-6-18(17(23)10-14)26-13-30-21-16-5-4-15(11-19(16)24-12-25-21)29-9-8-27-7-1-2-20(27)28;/h3-6,10-12,20,26,28H,1-2,7-9,13H2;1H. The van der Waals surface area contributed by atoms with E-state index in [9.17, 15) is 9.50 Å². The van der Waals surface area contributed by atoms with Crippen molar-refractivity contribution in [1.82, 2.24) is 14.9 Å². The van der Waals surface area contributed by atoms with Crippen molar-refractivity contribution >= 4 is 44.9 Å². The van der Waals surface area contributed by atoms with E-state index in [-0.39, 0.29) is 31.2 Å². The zero-order valence-electron chi connectivity index (χ0n) is 16.6. The minimum atomic E-state index is -0.372. The van der Waals surface area contributed by atoms with Crippen LogP contribution in [0.15, 0.2) is 47.2 Å². The number of aromatic nitrogens is 2. The predicted molar refractivity (Wildman–Crippen MR) is 122 cm³/mol. The minimum Gasteiger partial charge on any atom is -0.492 e. The van der Waals surface area contributed by atoms with Gasteiger partial charge in [-0.25, -0.2) is 14.4 Å². The average molecular weight is 514 g/mol. The molecule has 1 atom stereocenters. The number of fused-ring (bicyclic) bond motifs is 1. The van der Waals surface area contributed by atoms with Gasteiger partial charge in [0.25, 0.3) is 0 Å². The molecule has 1 aromatic heterocycles. The number of hydrogen-bond donors (Lipinski definition) is 2. The van der Waals surface area contributed by atoms with Crippen molar-refractivity contribution in [3.63, 3.8) is 0 Å². The van der Waals surface area contributed by atoms with Crippen molar-refractivity contribution in [2.45, 2.75) is 19.1 Å². The second-order valence-electron chi connectivity index (χ2n) is 6.95. The van der Waals surface area contributed by atoms with Gasteiger partial charge in [-0.15, -0.1) is 12.4 Å². The van der Waals surface area contributed by atoms with E-state index in [4.69, 9.17) is 9.47 Å². The van der Waals surface area contributed by atoms with E-state index in [2.05, 4.69) is 31.2 Å². The molecule has 2 N–H and O–H groups in total. The van der Waals surface area contributed by atoms with Crippen molar-refractivity contribution in [2.75, 3.05) is 31.7 Å². The molecule has 166 valence electrons. The van der Waals surface area contributed by atoms with Crippen LogP contribution in [0.1, 0.15) is 12.8 Å². The molecule has 31 heavy (non-hydrogen) atoms. The van der Waals surface area contributed by atoms with E-state index in [1.54, 1.807) is 12.1 Å². The molecule has 1 saturated heterocycles. The molecule has 1 aliphatic heterocycles. The fraction of sp³-hybridized carbons (Fsp3) is 0.333. The number of aliphatic hydroxyl groups is 1. The van der Waals surface area contributed by atoms with Crippen LogP contribution in [0.25, 0.3) is 10.9 Å². The van der Waals surface area contributed by atoms with Gasteiger partial charge in [0, 0.05) is 23.6 Å². The van der Waals surface area contributed by atoms with Crippen molar-refractivity contribution in [3.8, 4) is 11.6 Å². The summed E-state index contributed by atoms with van der Waals surface area (Å²) >= 11 is 3.23. The van der Waals surface area contributed by atoms with E-state index in [0.717, 1.165) is 24.8 Å². The molecule has 1 aliphatic rings. The van der Waals surface area contributed by atoms with E-state index >= 15 is 0 Å². The first-order valence-electron chi connectivity index (χ1n) is 9.71. The maximum Gasteiger partial charge on any atom is 0.226 e. The topological polar surface area (TPSA) is 79.7 Å². The Kier molecular flexibility index (Phi) is 8.25. The van der Waals surface area contributed by atoms with Crippen molar-refractivity contribution in [2.24, 2.45) is 0 Å². The van der Waals surface area contributed by atoms with Gasteiger partial charge < -0.3 is 19.9 Å². The molecular weight excluding hydrogens is 491 g/mol. The van der Waals surface area contributed by atoms with Crippen LogP contribution >= 0.6 is 28.3 Å². The van der Waals surface area contributed by atoms with E-state index in [1.807, 2.05) is 23.1 Å². The molecule has 0 amide bonds. The number of aliphatic hydroxyl groups excluding tert-OH is 1. The Morgan fingerprint density at radius 2 is 2.06 bits per heavy atom. The first-order chi connectivity index (χ1) is 14.6. The molecule has 0 spiro atoms. The summed E-state index contributed by atoms with van der Waals surface area (Å²) in [6, 6.07) is 10.3. The third-order valence-electron chi connectivity index (χ3n) is 4.95. The second kappa shape index (κ2) is 10.9. The highest BCUT2D eigenvalue weighted by atomic mass is 79.9. The third-order valence-corrected chi connectivity index (χ3v) is 5.44. The summed E-state index contributed by atoms with van der Waals surface area (Å²) in [5, 5.41) is 13.5. The second-order valence-corrected chi connectivity index (χ2v) is 7.87. The number of anilines is 1. The number of likely N-dealkylation sites (tertiary alicyclic amines) is 1. The number of benzene rings is 2. The summed E-state index contributed by atoms with van der Waals surface area (Å²) in [5.74, 6) is 0.719. The van der Waals surface area contributed by atoms with E-state index in [1.165, 1.54) is 12.4 Å². The van der Waals surface area contributed by atoms with Gasteiger partial charge in [0.05, 0.1) is 16.6 Å². The Morgan fingerprint density at radius 3 is 2.84 bits per heavy atom. The number of nitrogens with zero attached hydrogens (tertiary/aromatic N) is 3. The summed E-state index contributed by atoms with van der Waals surface area (Å²) in [4.78, 5) is 10.5. The van der Waals surface area contributed by atoms with Crippen LogP contribution in [0.5, 0.6) is 11.6 Å². The highest BCUT2D eigenvalue weighted by molar-refractivity contribution is 9.10. The van der Waals surface area contributed by atoms with Crippen LogP contribution in [0.3, 0.4) is 0 Å². The molecule has 1 fully saturated rings. The lowest BCUT2D eigenvalue weighted by molar-refractivity contribution is 0.0300. The van der Waals surface area contributed by atoms with Crippen molar-refractivity contribution in [3.05, 3.63) is 53.0 Å². The summed E-state index contributed by atoms with van der Waals surface area (Å²) in [6.45, 7) is 2.12. The molecule has 1 unspecified atom stereocenters. The normalized spacial score (nSPS) is 16.2. The van der Waals surface area contributed by atoms with Crippen molar-refractivity contribution in [1.29, 1.82) is 0 Å². The van der Waals surface area contributed by atoms with Gasteiger partial charge >= 0.3 is 0 Å². The van der Waals surface area contributed by atoms with Gasteiger partial charge in [-0.3, -0.25) is 4.90 Å². The van der Waals surface area contributed by atoms with Gasteiger partial charge in [0.1, 0.15) is 30.7 Å². The molecule has 0 radical (unpaired) electrons. The van der Waals surface area contributed by atoms with Crippen LogP contribution in [0.2, 0.25) is 0 Å². The summed E-state index contributed by atoms with van der Waals surface area (Å²) in [7, 11) is 0. The van der Waals surface area contributed by atoms with Crippen LogP contribution in [0.4, 0.5) is 10.1 Å². The largest absolute Gasteiger partial charge is 0.492 e. The summed E-state index contributed by atoms with van der Waals surface area (Å²) < 4.78 is 26.1.